The molecule has 1 atom stereocenters. The first-order valence-electron chi connectivity index (χ1n) is 9.12. The van der Waals surface area contributed by atoms with Crippen LogP contribution in [0.15, 0.2) is 75.6 Å². The maximum absolute atomic E-state index is 13.9. The molecule has 0 aliphatic heterocycles. The topological polar surface area (TPSA) is 51.5 Å². The maximum Gasteiger partial charge on any atom is 0.412 e. The largest absolute Gasteiger partial charge is 0.454 e. The van der Waals surface area contributed by atoms with E-state index in [-0.39, 0.29) is 0 Å². The highest BCUT2D eigenvalue weighted by molar-refractivity contribution is 9.10. The summed E-state index contributed by atoms with van der Waals surface area (Å²) in [5.74, 6) is -0.0306. The molecule has 152 valence electrons. The number of anilines is 1. The summed E-state index contributed by atoms with van der Waals surface area (Å²) in [5.41, 5.74) is 2.20. The molecule has 1 amide bonds. The van der Waals surface area contributed by atoms with Gasteiger partial charge in [0.15, 0.2) is 5.76 Å². The van der Waals surface area contributed by atoms with Crippen molar-refractivity contribution in [2.45, 2.75) is 13.0 Å². The zero-order valence-electron chi connectivity index (χ0n) is 15.8. The second-order valence-electron chi connectivity index (χ2n) is 6.65. The van der Waals surface area contributed by atoms with Crippen molar-refractivity contribution >= 4 is 50.3 Å². The number of halogens is 3. The molecule has 0 radical (unpaired) electrons. The lowest BCUT2D eigenvalue weighted by Crippen LogP contribution is -2.16. The molecule has 0 saturated heterocycles. The van der Waals surface area contributed by atoms with Gasteiger partial charge >= 0.3 is 6.09 Å². The van der Waals surface area contributed by atoms with Gasteiger partial charge in [-0.25, -0.2) is 9.18 Å². The summed E-state index contributed by atoms with van der Waals surface area (Å²) >= 11 is 9.58. The van der Waals surface area contributed by atoms with Crippen LogP contribution in [0, 0.1) is 5.82 Å². The third-order valence-corrected chi connectivity index (χ3v) is 5.48. The molecule has 0 spiro atoms. The number of benzene rings is 3. The van der Waals surface area contributed by atoms with E-state index in [1.54, 1.807) is 25.1 Å². The Morgan fingerprint density at radius 1 is 1.13 bits per heavy atom. The Balaban J connectivity index is 1.68. The number of rotatable bonds is 4. The van der Waals surface area contributed by atoms with Crippen LogP contribution in [0.25, 0.3) is 22.3 Å². The molecule has 4 rings (SSSR count). The number of hydrogen-bond donors (Lipinski definition) is 1. The molecule has 30 heavy (non-hydrogen) atoms. The van der Waals surface area contributed by atoms with Gasteiger partial charge in [0.05, 0.1) is 5.69 Å². The Morgan fingerprint density at radius 2 is 1.87 bits per heavy atom. The molecule has 0 aliphatic rings. The Hall–Kier alpha value is -2.83. The van der Waals surface area contributed by atoms with Gasteiger partial charge in [-0.15, -0.1) is 0 Å². The van der Waals surface area contributed by atoms with Crippen LogP contribution >= 0.6 is 27.5 Å². The summed E-state index contributed by atoms with van der Waals surface area (Å²) in [6, 6.07) is 18.6. The average molecular weight is 489 g/mol. The van der Waals surface area contributed by atoms with E-state index in [4.69, 9.17) is 20.8 Å². The lowest BCUT2D eigenvalue weighted by molar-refractivity contribution is 0.121. The number of carbonyl (C=O) groups is 1. The van der Waals surface area contributed by atoms with E-state index in [0.717, 1.165) is 10.0 Å². The molecule has 0 aliphatic carbocycles. The van der Waals surface area contributed by atoms with Crippen LogP contribution in [-0.4, -0.2) is 6.09 Å². The van der Waals surface area contributed by atoms with Gasteiger partial charge in [-0.3, -0.25) is 5.32 Å². The van der Waals surface area contributed by atoms with Crippen LogP contribution < -0.4 is 5.32 Å². The minimum absolute atomic E-state index is 0.336. The van der Waals surface area contributed by atoms with E-state index in [0.29, 0.717) is 33.0 Å². The normalized spacial score (nSPS) is 12.0. The predicted octanol–water partition coefficient (Wildman–Crippen LogP) is 7.96. The van der Waals surface area contributed by atoms with E-state index >= 15 is 0 Å². The Bertz CT molecular complexity index is 1220. The first-order chi connectivity index (χ1) is 14.4. The highest BCUT2D eigenvalue weighted by atomic mass is 79.9. The molecule has 3 aromatic carbocycles. The Labute approximate surface area is 185 Å². The summed E-state index contributed by atoms with van der Waals surface area (Å²) < 4.78 is 26.2. The number of carbonyl (C=O) groups excluding carboxylic acids is 1. The van der Waals surface area contributed by atoms with E-state index in [1.807, 2.05) is 30.3 Å². The van der Waals surface area contributed by atoms with Gasteiger partial charge in [0.2, 0.25) is 0 Å². The smallest absolute Gasteiger partial charge is 0.412 e. The zero-order chi connectivity index (χ0) is 21.3. The molecule has 0 saturated carbocycles. The molecule has 4 nitrogen and oxygen atoms in total. The Kier molecular flexibility index (Phi) is 5.79. The number of amides is 1. The lowest BCUT2D eigenvalue weighted by Gasteiger charge is -2.15. The highest BCUT2D eigenvalue weighted by Crippen LogP contribution is 2.39. The fourth-order valence-corrected chi connectivity index (χ4v) is 3.71. The quantitative estimate of drug-likeness (QED) is 0.317. The SMILES string of the molecule is C[C@@H](OC(=O)Nc1c(-c2ccc(Br)cc2)oc2ccc(F)cc12)c1ccccc1Cl. The van der Waals surface area contributed by atoms with Crippen molar-refractivity contribution in [3.63, 3.8) is 0 Å². The van der Waals surface area contributed by atoms with Gasteiger partial charge < -0.3 is 9.15 Å². The average Bonchev–Trinajstić information content (AvgIpc) is 3.06. The molecule has 4 aromatic rings. The second kappa shape index (κ2) is 8.50. The minimum Gasteiger partial charge on any atom is -0.454 e. The van der Waals surface area contributed by atoms with Gasteiger partial charge in [0.25, 0.3) is 0 Å². The molecule has 0 bridgehead atoms. The molecular weight excluding hydrogens is 473 g/mol. The van der Waals surface area contributed by atoms with Crippen molar-refractivity contribution in [1.82, 2.24) is 0 Å². The van der Waals surface area contributed by atoms with Crippen LogP contribution in [0.3, 0.4) is 0 Å². The minimum atomic E-state index is -0.701. The van der Waals surface area contributed by atoms with Crippen molar-refractivity contribution in [2.24, 2.45) is 0 Å². The highest BCUT2D eigenvalue weighted by Gasteiger charge is 2.21. The first kappa shape index (κ1) is 20.4. The number of hydrogen-bond acceptors (Lipinski definition) is 3. The molecular formula is C23H16BrClFNO3. The monoisotopic (exact) mass is 487 g/mol. The predicted molar refractivity (Wildman–Crippen MR) is 119 cm³/mol. The molecule has 7 heteroatoms. The van der Waals surface area contributed by atoms with Crippen molar-refractivity contribution in [1.29, 1.82) is 0 Å². The summed E-state index contributed by atoms with van der Waals surface area (Å²) in [6.45, 7) is 1.73. The standard InChI is InChI=1S/C23H16BrClFNO3/c1-13(17-4-2-3-5-19(17)25)29-23(28)27-21-18-12-16(26)10-11-20(18)30-22(21)14-6-8-15(24)9-7-14/h2-13H,1H3,(H,27,28)/t13-/m1/s1. The molecule has 0 unspecified atom stereocenters. The van der Waals surface area contributed by atoms with E-state index in [1.165, 1.54) is 18.2 Å². The second-order valence-corrected chi connectivity index (χ2v) is 7.97. The zero-order valence-corrected chi connectivity index (χ0v) is 18.1. The summed E-state index contributed by atoms with van der Waals surface area (Å²) in [4.78, 5) is 12.7. The van der Waals surface area contributed by atoms with Crippen LogP contribution in [0.2, 0.25) is 5.02 Å². The van der Waals surface area contributed by atoms with E-state index in [2.05, 4.69) is 21.2 Å². The van der Waals surface area contributed by atoms with Gasteiger partial charge in [-0.2, -0.15) is 0 Å². The van der Waals surface area contributed by atoms with Crippen LogP contribution in [0.5, 0.6) is 0 Å². The van der Waals surface area contributed by atoms with Crippen molar-refractivity contribution in [3.05, 3.63) is 87.6 Å². The summed E-state index contributed by atoms with van der Waals surface area (Å²) in [7, 11) is 0. The van der Waals surface area contributed by atoms with Crippen LogP contribution in [0.1, 0.15) is 18.6 Å². The molecule has 1 heterocycles. The van der Waals surface area contributed by atoms with Gasteiger partial charge in [0.1, 0.15) is 17.5 Å². The number of nitrogens with one attached hydrogen (secondary N) is 1. The number of furan rings is 1. The van der Waals surface area contributed by atoms with E-state index < -0.39 is 18.0 Å². The maximum atomic E-state index is 13.9. The Morgan fingerprint density at radius 3 is 2.60 bits per heavy atom. The molecule has 1 aromatic heterocycles. The number of fused-ring (bicyclic) bond motifs is 1. The van der Waals surface area contributed by atoms with Gasteiger partial charge in [0, 0.05) is 26.0 Å². The van der Waals surface area contributed by atoms with Crippen molar-refractivity contribution < 1.29 is 18.3 Å². The van der Waals surface area contributed by atoms with Crippen LogP contribution in [0.4, 0.5) is 14.9 Å². The van der Waals surface area contributed by atoms with Crippen molar-refractivity contribution in [3.8, 4) is 11.3 Å². The third-order valence-electron chi connectivity index (χ3n) is 4.61. The van der Waals surface area contributed by atoms with E-state index in [9.17, 15) is 9.18 Å². The summed E-state index contributed by atoms with van der Waals surface area (Å²) in [5, 5.41) is 3.66. The molecule has 1 N–H and O–H groups in total. The van der Waals surface area contributed by atoms with Gasteiger partial charge in [-0.1, -0.05) is 57.9 Å². The lowest BCUT2D eigenvalue weighted by atomic mass is 10.1. The first-order valence-corrected chi connectivity index (χ1v) is 10.3. The fraction of sp³-hybridized carbons (Fsp3) is 0.0870. The third kappa shape index (κ3) is 4.20. The molecule has 0 fully saturated rings. The van der Waals surface area contributed by atoms with Crippen molar-refractivity contribution in [2.75, 3.05) is 5.32 Å². The number of ether oxygens (including phenoxy) is 1. The van der Waals surface area contributed by atoms with Crippen LogP contribution in [-0.2, 0) is 4.74 Å². The van der Waals surface area contributed by atoms with Gasteiger partial charge in [-0.05, 0) is 43.3 Å². The fourth-order valence-electron chi connectivity index (χ4n) is 3.16. The summed E-state index contributed by atoms with van der Waals surface area (Å²) in [6.07, 6.45) is -1.28.